The van der Waals surface area contributed by atoms with Gasteiger partial charge in [0.1, 0.15) is 10.4 Å². The maximum atomic E-state index is 12.1. The van der Waals surface area contributed by atoms with Crippen molar-refractivity contribution in [3.8, 4) is 0 Å². The molecule has 18 heavy (non-hydrogen) atoms. The van der Waals surface area contributed by atoms with Crippen LogP contribution in [-0.4, -0.2) is 29.5 Å². The van der Waals surface area contributed by atoms with Gasteiger partial charge in [-0.1, -0.05) is 13.3 Å². The lowest BCUT2D eigenvalue weighted by Crippen LogP contribution is -2.52. The van der Waals surface area contributed by atoms with Crippen LogP contribution in [0.25, 0.3) is 0 Å². The number of hydrogen-bond donors (Lipinski definition) is 1. The van der Waals surface area contributed by atoms with Gasteiger partial charge in [0, 0.05) is 0 Å². The van der Waals surface area contributed by atoms with Gasteiger partial charge in [0.2, 0.25) is 0 Å². The fourth-order valence-corrected chi connectivity index (χ4v) is 2.47. The summed E-state index contributed by atoms with van der Waals surface area (Å²) in [4.78, 5) is 28.4. The van der Waals surface area contributed by atoms with Crippen LogP contribution in [-0.2, 0) is 9.53 Å². The number of thiazole rings is 1. The maximum Gasteiger partial charge on any atom is 0.331 e. The minimum atomic E-state index is -0.989. The van der Waals surface area contributed by atoms with E-state index in [9.17, 15) is 9.59 Å². The number of methoxy groups -OCH3 is 1. The van der Waals surface area contributed by atoms with Gasteiger partial charge in [-0.15, -0.1) is 11.3 Å². The summed E-state index contributed by atoms with van der Waals surface area (Å²) in [5.74, 6) is -0.712. The highest BCUT2D eigenvalue weighted by Gasteiger charge is 2.35. The largest absolute Gasteiger partial charge is 0.467 e. The minimum Gasteiger partial charge on any atom is -0.467 e. The fourth-order valence-electron chi connectivity index (χ4n) is 1.77. The van der Waals surface area contributed by atoms with Crippen LogP contribution in [0.3, 0.4) is 0 Å². The number of nitrogens with zero attached hydrogens (tertiary/aromatic N) is 1. The molecule has 1 unspecified atom stereocenters. The molecule has 1 atom stereocenters. The van der Waals surface area contributed by atoms with E-state index in [2.05, 4.69) is 10.3 Å². The predicted molar refractivity (Wildman–Crippen MR) is 69.6 cm³/mol. The molecule has 5 nitrogen and oxygen atoms in total. The Labute approximate surface area is 111 Å². The van der Waals surface area contributed by atoms with E-state index in [4.69, 9.17) is 4.74 Å². The van der Waals surface area contributed by atoms with Crippen LogP contribution in [0, 0.1) is 6.92 Å². The lowest BCUT2D eigenvalue weighted by molar-refractivity contribution is -0.147. The third-order valence-electron chi connectivity index (χ3n) is 2.73. The molecule has 1 rings (SSSR count). The summed E-state index contributed by atoms with van der Waals surface area (Å²) < 4.78 is 4.75. The molecule has 0 aliphatic carbocycles. The second kappa shape index (κ2) is 5.95. The molecular weight excluding hydrogens is 252 g/mol. The summed E-state index contributed by atoms with van der Waals surface area (Å²) in [5, 5.41) is 2.75. The van der Waals surface area contributed by atoms with Gasteiger partial charge in [-0.2, -0.15) is 0 Å². The van der Waals surface area contributed by atoms with Crippen molar-refractivity contribution in [2.24, 2.45) is 0 Å². The number of rotatable bonds is 5. The molecule has 0 saturated carbocycles. The number of aromatic nitrogens is 1. The van der Waals surface area contributed by atoms with E-state index >= 15 is 0 Å². The normalized spacial score (nSPS) is 13.8. The monoisotopic (exact) mass is 270 g/mol. The Morgan fingerprint density at radius 1 is 1.56 bits per heavy atom. The van der Waals surface area contributed by atoms with Gasteiger partial charge in [0.05, 0.1) is 18.3 Å². The zero-order chi connectivity index (χ0) is 13.8. The lowest BCUT2D eigenvalue weighted by atomic mass is 9.96. The SMILES string of the molecule is CCCC(C)(NC(=O)c1scnc1C)C(=O)OC. The zero-order valence-electron chi connectivity index (χ0n) is 11.1. The Hall–Kier alpha value is -1.43. The Balaban J connectivity index is 2.88. The first kappa shape index (κ1) is 14.6. The van der Waals surface area contributed by atoms with Crippen molar-refractivity contribution in [3.63, 3.8) is 0 Å². The molecule has 0 fully saturated rings. The average molecular weight is 270 g/mol. The van der Waals surface area contributed by atoms with Crippen molar-refractivity contribution >= 4 is 23.2 Å². The number of carbonyl (C=O) groups excluding carboxylic acids is 2. The van der Waals surface area contributed by atoms with E-state index in [-0.39, 0.29) is 5.91 Å². The summed E-state index contributed by atoms with van der Waals surface area (Å²) in [6.45, 7) is 5.39. The third-order valence-corrected chi connectivity index (χ3v) is 3.65. The van der Waals surface area contributed by atoms with E-state index in [1.807, 2.05) is 6.92 Å². The van der Waals surface area contributed by atoms with Crippen molar-refractivity contribution in [3.05, 3.63) is 16.1 Å². The Morgan fingerprint density at radius 3 is 2.67 bits per heavy atom. The molecule has 0 spiro atoms. The van der Waals surface area contributed by atoms with Crippen LogP contribution >= 0.6 is 11.3 Å². The van der Waals surface area contributed by atoms with E-state index < -0.39 is 11.5 Å². The van der Waals surface area contributed by atoms with Gasteiger partial charge in [0.25, 0.3) is 5.91 Å². The molecule has 1 N–H and O–H groups in total. The van der Waals surface area contributed by atoms with Gasteiger partial charge in [-0.3, -0.25) is 4.79 Å². The van der Waals surface area contributed by atoms with Crippen LogP contribution in [0.2, 0.25) is 0 Å². The van der Waals surface area contributed by atoms with Crippen molar-refractivity contribution in [1.82, 2.24) is 10.3 Å². The van der Waals surface area contributed by atoms with Crippen LogP contribution in [0.4, 0.5) is 0 Å². The molecule has 100 valence electrons. The number of aryl methyl sites for hydroxylation is 1. The van der Waals surface area contributed by atoms with Gasteiger partial charge in [-0.25, -0.2) is 9.78 Å². The highest BCUT2D eigenvalue weighted by atomic mass is 32.1. The molecule has 1 heterocycles. The second-order valence-electron chi connectivity index (χ2n) is 4.29. The minimum absolute atomic E-state index is 0.281. The standard InChI is InChI=1S/C12H18N2O3S/c1-5-6-12(3,11(16)17-4)14-10(15)9-8(2)13-7-18-9/h7H,5-6H2,1-4H3,(H,14,15). The summed E-state index contributed by atoms with van der Waals surface area (Å²) in [5.41, 5.74) is 1.29. The second-order valence-corrected chi connectivity index (χ2v) is 5.15. The molecule has 0 aliphatic heterocycles. The molecule has 0 aliphatic rings. The molecule has 6 heteroatoms. The first-order valence-corrected chi connectivity index (χ1v) is 6.63. The number of nitrogens with one attached hydrogen (secondary N) is 1. The molecule has 0 aromatic carbocycles. The van der Waals surface area contributed by atoms with Crippen molar-refractivity contribution in [2.75, 3.05) is 7.11 Å². The van der Waals surface area contributed by atoms with Gasteiger partial charge in [0.15, 0.2) is 0 Å². The summed E-state index contributed by atoms with van der Waals surface area (Å²) in [6.07, 6.45) is 1.30. The molecular formula is C12H18N2O3S. The summed E-state index contributed by atoms with van der Waals surface area (Å²) >= 11 is 1.26. The van der Waals surface area contributed by atoms with Gasteiger partial charge >= 0.3 is 5.97 Å². The Morgan fingerprint density at radius 2 is 2.22 bits per heavy atom. The molecule has 0 saturated heterocycles. The molecule has 0 bridgehead atoms. The number of ether oxygens (including phenoxy) is 1. The van der Waals surface area contributed by atoms with E-state index in [0.717, 1.165) is 6.42 Å². The highest BCUT2D eigenvalue weighted by molar-refractivity contribution is 7.11. The van der Waals surface area contributed by atoms with Crippen LogP contribution in [0.5, 0.6) is 0 Å². The van der Waals surface area contributed by atoms with Crippen molar-refractivity contribution in [1.29, 1.82) is 0 Å². The van der Waals surface area contributed by atoms with E-state index in [1.165, 1.54) is 18.4 Å². The van der Waals surface area contributed by atoms with Gasteiger partial charge in [-0.05, 0) is 20.3 Å². The van der Waals surface area contributed by atoms with E-state index in [0.29, 0.717) is 17.0 Å². The van der Waals surface area contributed by atoms with Crippen molar-refractivity contribution < 1.29 is 14.3 Å². The van der Waals surface area contributed by atoms with Crippen LogP contribution in [0.15, 0.2) is 5.51 Å². The maximum absolute atomic E-state index is 12.1. The molecule has 0 radical (unpaired) electrons. The van der Waals surface area contributed by atoms with Crippen LogP contribution in [0.1, 0.15) is 42.1 Å². The third kappa shape index (κ3) is 3.07. The molecule has 1 aromatic heterocycles. The number of amides is 1. The number of hydrogen-bond acceptors (Lipinski definition) is 5. The summed E-state index contributed by atoms with van der Waals surface area (Å²) in [7, 11) is 1.32. The zero-order valence-corrected chi connectivity index (χ0v) is 11.9. The number of carbonyl (C=O) groups is 2. The fraction of sp³-hybridized carbons (Fsp3) is 0.583. The Kier molecular flexibility index (Phi) is 4.84. The number of esters is 1. The molecule has 1 amide bonds. The first-order chi connectivity index (χ1) is 8.44. The topological polar surface area (TPSA) is 68.3 Å². The predicted octanol–water partition coefficient (Wildman–Crippen LogP) is 1.91. The average Bonchev–Trinajstić information content (AvgIpc) is 2.74. The van der Waals surface area contributed by atoms with E-state index in [1.54, 1.807) is 19.4 Å². The quantitative estimate of drug-likeness (QED) is 0.830. The lowest BCUT2D eigenvalue weighted by Gasteiger charge is -2.27. The highest BCUT2D eigenvalue weighted by Crippen LogP contribution is 2.18. The van der Waals surface area contributed by atoms with Crippen molar-refractivity contribution in [2.45, 2.75) is 39.2 Å². The molecule has 1 aromatic rings. The first-order valence-electron chi connectivity index (χ1n) is 5.75. The summed E-state index contributed by atoms with van der Waals surface area (Å²) in [6, 6.07) is 0. The van der Waals surface area contributed by atoms with Crippen LogP contribution < -0.4 is 5.32 Å². The Bertz CT molecular complexity index is 444. The van der Waals surface area contributed by atoms with Gasteiger partial charge < -0.3 is 10.1 Å². The smallest absolute Gasteiger partial charge is 0.331 e.